The third-order valence-electron chi connectivity index (χ3n) is 4.40. The van der Waals surface area contributed by atoms with Crippen LogP contribution in [0.1, 0.15) is 37.0 Å². The molecule has 0 radical (unpaired) electrons. The Balaban J connectivity index is 1.67. The highest BCUT2D eigenvalue weighted by Crippen LogP contribution is 2.27. The van der Waals surface area contributed by atoms with E-state index in [1.807, 2.05) is 0 Å². The second-order valence-corrected chi connectivity index (χ2v) is 5.98. The summed E-state index contributed by atoms with van der Waals surface area (Å²) in [5.41, 5.74) is 2.64. The maximum Gasteiger partial charge on any atom is 0.117 e. The quantitative estimate of drug-likeness (QED) is 0.885. The summed E-state index contributed by atoms with van der Waals surface area (Å²) in [4.78, 5) is 2.42. The Morgan fingerprint density at radius 2 is 1.83 bits per heavy atom. The Morgan fingerprint density at radius 1 is 1.09 bits per heavy atom. The molecule has 1 aromatic heterocycles. The highest BCUT2D eigenvalue weighted by atomic mass is 16.5. The molecule has 23 heavy (non-hydrogen) atoms. The predicted molar refractivity (Wildman–Crippen MR) is 92.8 cm³/mol. The van der Waals surface area contributed by atoms with Crippen molar-refractivity contribution < 1.29 is 9.15 Å². The monoisotopic (exact) mass is 314 g/mol. The van der Waals surface area contributed by atoms with Crippen LogP contribution in [0.15, 0.2) is 40.8 Å². The number of para-hydroxylation sites is 1. The van der Waals surface area contributed by atoms with E-state index in [9.17, 15) is 0 Å². The molecule has 1 fully saturated rings. The van der Waals surface area contributed by atoms with Crippen LogP contribution in [0.2, 0.25) is 0 Å². The number of hydrogen-bond acceptors (Lipinski definition) is 4. The van der Waals surface area contributed by atoms with Crippen molar-refractivity contribution in [3.8, 4) is 0 Å². The molecule has 4 nitrogen and oxygen atoms in total. The van der Waals surface area contributed by atoms with Gasteiger partial charge in [0, 0.05) is 31.2 Å². The van der Waals surface area contributed by atoms with Crippen LogP contribution < -0.4 is 10.2 Å². The minimum atomic E-state index is 0.268. The SMILES string of the molecule is CCc1ccc(CN[C@@H](C)c2ccccc2N2CCOCC2)o1. The van der Waals surface area contributed by atoms with Crippen LogP contribution in [0.4, 0.5) is 5.69 Å². The molecule has 0 aliphatic carbocycles. The lowest BCUT2D eigenvalue weighted by atomic mass is 10.0. The Hall–Kier alpha value is -1.78. The lowest BCUT2D eigenvalue weighted by Gasteiger charge is -2.32. The molecule has 0 spiro atoms. The van der Waals surface area contributed by atoms with Crippen molar-refractivity contribution in [1.82, 2.24) is 5.32 Å². The van der Waals surface area contributed by atoms with Crippen molar-refractivity contribution in [2.45, 2.75) is 32.9 Å². The number of hydrogen-bond donors (Lipinski definition) is 1. The molecule has 124 valence electrons. The smallest absolute Gasteiger partial charge is 0.117 e. The van der Waals surface area contributed by atoms with Crippen LogP contribution in [0.3, 0.4) is 0 Å². The molecule has 0 amide bonds. The fraction of sp³-hybridized carbons (Fsp3) is 0.474. The minimum Gasteiger partial charge on any atom is -0.465 e. The Morgan fingerprint density at radius 3 is 2.57 bits per heavy atom. The van der Waals surface area contributed by atoms with Gasteiger partial charge < -0.3 is 19.4 Å². The second kappa shape index (κ2) is 7.66. The maximum atomic E-state index is 5.78. The van der Waals surface area contributed by atoms with E-state index in [4.69, 9.17) is 9.15 Å². The van der Waals surface area contributed by atoms with E-state index in [1.54, 1.807) is 0 Å². The van der Waals surface area contributed by atoms with Gasteiger partial charge in [0.25, 0.3) is 0 Å². The van der Waals surface area contributed by atoms with E-state index >= 15 is 0 Å². The van der Waals surface area contributed by atoms with Crippen molar-refractivity contribution in [3.63, 3.8) is 0 Å². The molecule has 2 aromatic rings. The van der Waals surface area contributed by atoms with Gasteiger partial charge in [0.15, 0.2) is 0 Å². The van der Waals surface area contributed by atoms with E-state index in [1.165, 1.54) is 11.3 Å². The first-order valence-electron chi connectivity index (χ1n) is 8.50. The number of benzene rings is 1. The van der Waals surface area contributed by atoms with Crippen LogP contribution in [-0.4, -0.2) is 26.3 Å². The topological polar surface area (TPSA) is 37.6 Å². The van der Waals surface area contributed by atoms with Crippen LogP contribution >= 0.6 is 0 Å². The zero-order valence-electron chi connectivity index (χ0n) is 14.0. The van der Waals surface area contributed by atoms with E-state index in [-0.39, 0.29) is 6.04 Å². The van der Waals surface area contributed by atoms with Gasteiger partial charge in [0.1, 0.15) is 11.5 Å². The summed E-state index contributed by atoms with van der Waals surface area (Å²) >= 11 is 0. The van der Waals surface area contributed by atoms with Gasteiger partial charge in [-0.05, 0) is 30.7 Å². The first kappa shape index (κ1) is 16.1. The van der Waals surface area contributed by atoms with Crippen LogP contribution in [0.25, 0.3) is 0 Å². The van der Waals surface area contributed by atoms with Crippen molar-refractivity contribution in [2.75, 3.05) is 31.2 Å². The summed E-state index contributed by atoms with van der Waals surface area (Å²) in [5, 5.41) is 3.58. The zero-order chi connectivity index (χ0) is 16.1. The molecule has 1 atom stereocenters. The Kier molecular flexibility index (Phi) is 5.36. The number of ether oxygens (including phenoxy) is 1. The van der Waals surface area contributed by atoms with Gasteiger partial charge in [-0.3, -0.25) is 0 Å². The number of furan rings is 1. The van der Waals surface area contributed by atoms with E-state index in [0.717, 1.165) is 50.8 Å². The van der Waals surface area contributed by atoms with Crippen molar-refractivity contribution in [3.05, 3.63) is 53.5 Å². The highest BCUT2D eigenvalue weighted by Gasteiger charge is 2.17. The summed E-state index contributed by atoms with van der Waals surface area (Å²) in [7, 11) is 0. The van der Waals surface area contributed by atoms with E-state index in [2.05, 4.69) is 60.5 Å². The van der Waals surface area contributed by atoms with Gasteiger partial charge >= 0.3 is 0 Å². The van der Waals surface area contributed by atoms with Crippen LogP contribution in [-0.2, 0) is 17.7 Å². The molecule has 0 saturated carbocycles. The standard InChI is InChI=1S/C19H26N2O2/c1-3-16-8-9-17(23-16)14-20-15(2)18-6-4-5-7-19(18)21-10-12-22-13-11-21/h4-9,15,20H,3,10-14H2,1-2H3/t15-/m0/s1. The largest absolute Gasteiger partial charge is 0.465 e. The second-order valence-electron chi connectivity index (χ2n) is 5.98. The number of rotatable bonds is 6. The zero-order valence-corrected chi connectivity index (χ0v) is 14.0. The fourth-order valence-corrected chi connectivity index (χ4v) is 3.02. The van der Waals surface area contributed by atoms with Crippen LogP contribution in [0.5, 0.6) is 0 Å². The lowest BCUT2D eigenvalue weighted by Crippen LogP contribution is -2.37. The molecule has 1 N–H and O–H groups in total. The number of anilines is 1. The fourth-order valence-electron chi connectivity index (χ4n) is 3.02. The van der Waals surface area contributed by atoms with Crippen molar-refractivity contribution >= 4 is 5.69 Å². The van der Waals surface area contributed by atoms with Crippen molar-refractivity contribution in [1.29, 1.82) is 0 Å². The molecular formula is C19H26N2O2. The summed E-state index contributed by atoms with van der Waals surface area (Å²) in [6, 6.07) is 13.0. The van der Waals surface area contributed by atoms with Gasteiger partial charge in [0.05, 0.1) is 19.8 Å². The molecule has 2 heterocycles. The minimum absolute atomic E-state index is 0.268. The van der Waals surface area contributed by atoms with Gasteiger partial charge in [-0.1, -0.05) is 25.1 Å². The third kappa shape index (κ3) is 3.95. The number of morpholine rings is 1. The summed E-state index contributed by atoms with van der Waals surface area (Å²) in [6.45, 7) is 8.60. The van der Waals surface area contributed by atoms with Gasteiger partial charge in [-0.25, -0.2) is 0 Å². The molecule has 0 unspecified atom stereocenters. The highest BCUT2D eigenvalue weighted by molar-refractivity contribution is 5.55. The Bertz CT molecular complexity index is 617. The van der Waals surface area contributed by atoms with E-state index < -0.39 is 0 Å². The Labute approximate surface area is 138 Å². The van der Waals surface area contributed by atoms with Gasteiger partial charge in [-0.2, -0.15) is 0 Å². The average Bonchev–Trinajstić information content (AvgIpc) is 3.08. The summed E-state index contributed by atoms with van der Waals surface area (Å²) < 4.78 is 11.2. The van der Waals surface area contributed by atoms with Crippen molar-refractivity contribution in [2.24, 2.45) is 0 Å². The maximum absolute atomic E-state index is 5.78. The first-order chi connectivity index (χ1) is 11.3. The molecule has 1 saturated heterocycles. The number of nitrogens with one attached hydrogen (secondary N) is 1. The molecular weight excluding hydrogens is 288 g/mol. The van der Waals surface area contributed by atoms with Crippen LogP contribution in [0, 0.1) is 0 Å². The average molecular weight is 314 g/mol. The normalized spacial score (nSPS) is 16.5. The molecule has 3 rings (SSSR count). The number of aryl methyl sites for hydroxylation is 1. The lowest BCUT2D eigenvalue weighted by molar-refractivity contribution is 0.122. The third-order valence-corrected chi connectivity index (χ3v) is 4.40. The van der Waals surface area contributed by atoms with Gasteiger partial charge in [0.2, 0.25) is 0 Å². The summed E-state index contributed by atoms with van der Waals surface area (Å²) in [6.07, 6.45) is 0.940. The first-order valence-corrected chi connectivity index (χ1v) is 8.50. The molecule has 1 aliphatic heterocycles. The molecule has 1 aromatic carbocycles. The molecule has 1 aliphatic rings. The predicted octanol–water partition coefficient (Wildman–Crippen LogP) is 3.53. The van der Waals surface area contributed by atoms with E-state index in [0.29, 0.717) is 0 Å². The van der Waals surface area contributed by atoms with Gasteiger partial charge in [-0.15, -0.1) is 0 Å². The molecule has 0 bridgehead atoms. The number of nitrogens with zero attached hydrogens (tertiary/aromatic N) is 1. The molecule has 4 heteroatoms. The summed E-state index contributed by atoms with van der Waals surface area (Å²) in [5.74, 6) is 2.04.